The quantitative estimate of drug-likeness (QED) is 0.213. The molecule has 36 heavy (non-hydrogen) atoms. The molecule has 0 spiro atoms. The highest BCUT2D eigenvalue weighted by Gasteiger charge is 2.18. The molecule has 13 heteroatoms. The maximum Gasteiger partial charge on any atom is 0.338 e. The molecule has 3 rings (SSSR count). The first-order chi connectivity index (χ1) is 17.4. The standard InChI is InChI=1S/C23H24N4O7S2/c1-5-34-21(30)13-6-8-15(9-7-13)24-18(28)12-35-23-27-26-22(36-23)25-20(29)14-10-16(31-2)19(33-4)17(11-14)32-3/h6-11H,5,12H2,1-4H3,(H,24,28)(H,25,26,29). The molecule has 0 atom stereocenters. The van der Waals surface area contributed by atoms with Crippen molar-refractivity contribution in [3.8, 4) is 17.2 Å². The molecule has 3 aromatic rings. The third-order valence-electron chi connectivity index (χ3n) is 4.56. The van der Waals surface area contributed by atoms with E-state index in [4.69, 9.17) is 18.9 Å². The number of carbonyl (C=O) groups is 3. The Morgan fingerprint density at radius 3 is 2.17 bits per heavy atom. The van der Waals surface area contributed by atoms with Gasteiger partial charge in [0.05, 0.1) is 39.3 Å². The number of nitrogens with one attached hydrogen (secondary N) is 2. The molecular formula is C23H24N4O7S2. The van der Waals surface area contributed by atoms with Gasteiger partial charge in [-0.15, -0.1) is 10.2 Å². The van der Waals surface area contributed by atoms with Gasteiger partial charge >= 0.3 is 5.97 Å². The fourth-order valence-corrected chi connectivity index (χ4v) is 4.48. The molecule has 0 bridgehead atoms. The highest BCUT2D eigenvalue weighted by molar-refractivity contribution is 8.01. The second-order valence-corrected chi connectivity index (χ2v) is 9.08. The predicted octanol–water partition coefficient (Wildman–Crippen LogP) is 3.72. The van der Waals surface area contributed by atoms with Gasteiger partial charge < -0.3 is 24.3 Å². The first-order valence-corrected chi connectivity index (χ1v) is 12.3. The molecule has 0 aliphatic rings. The average Bonchev–Trinajstić information content (AvgIpc) is 3.34. The summed E-state index contributed by atoms with van der Waals surface area (Å²) < 4.78 is 21.3. The zero-order chi connectivity index (χ0) is 26.1. The van der Waals surface area contributed by atoms with E-state index in [2.05, 4.69) is 20.8 Å². The summed E-state index contributed by atoms with van der Waals surface area (Å²) in [6.07, 6.45) is 0. The topological polar surface area (TPSA) is 138 Å². The van der Waals surface area contributed by atoms with Crippen molar-refractivity contribution in [3.05, 3.63) is 47.5 Å². The van der Waals surface area contributed by atoms with Crippen molar-refractivity contribution >= 4 is 51.7 Å². The zero-order valence-electron chi connectivity index (χ0n) is 19.9. The molecular weight excluding hydrogens is 508 g/mol. The first-order valence-electron chi connectivity index (χ1n) is 10.5. The van der Waals surface area contributed by atoms with E-state index in [1.54, 1.807) is 31.2 Å². The molecule has 0 radical (unpaired) electrons. The van der Waals surface area contributed by atoms with Gasteiger partial charge in [-0.3, -0.25) is 14.9 Å². The number of hydrogen-bond donors (Lipinski definition) is 2. The Hall–Kier alpha value is -3.84. The van der Waals surface area contributed by atoms with Gasteiger partial charge in [0, 0.05) is 11.3 Å². The van der Waals surface area contributed by atoms with Crippen LogP contribution in [0.3, 0.4) is 0 Å². The second kappa shape index (κ2) is 12.7. The number of esters is 1. The molecule has 2 N–H and O–H groups in total. The minimum Gasteiger partial charge on any atom is -0.493 e. The molecule has 2 amide bonds. The Morgan fingerprint density at radius 2 is 1.58 bits per heavy atom. The van der Waals surface area contributed by atoms with Crippen molar-refractivity contribution in [1.82, 2.24) is 10.2 Å². The molecule has 2 aromatic carbocycles. The lowest BCUT2D eigenvalue weighted by Gasteiger charge is -2.13. The lowest BCUT2D eigenvalue weighted by atomic mass is 10.1. The summed E-state index contributed by atoms with van der Waals surface area (Å²) in [6, 6.07) is 9.45. The van der Waals surface area contributed by atoms with Crippen molar-refractivity contribution in [1.29, 1.82) is 0 Å². The summed E-state index contributed by atoms with van der Waals surface area (Å²) in [7, 11) is 4.40. The summed E-state index contributed by atoms with van der Waals surface area (Å²) in [5.41, 5.74) is 1.23. The van der Waals surface area contributed by atoms with E-state index in [1.807, 2.05) is 0 Å². The number of amides is 2. The maximum absolute atomic E-state index is 12.7. The Morgan fingerprint density at radius 1 is 0.917 bits per heavy atom. The number of carbonyl (C=O) groups excluding carboxylic acids is 3. The van der Waals surface area contributed by atoms with Gasteiger partial charge in [-0.05, 0) is 43.3 Å². The number of nitrogens with zero attached hydrogens (tertiary/aromatic N) is 2. The van der Waals surface area contributed by atoms with Gasteiger partial charge in [0.25, 0.3) is 5.91 Å². The van der Waals surface area contributed by atoms with E-state index >= 15 is 0 Å². The fourth-order valence-electron chi connectivity index (χ4n) is 2.93. The maximum atomic E-state index is 12.7. The first kappa shape index (κ1) is 26.8. The van der Waals surface area contributed by atoms with Crippen molar-refractivity contribution in [3.63, 3.8) is 0 Å². The number of rotatable bonds is 11. The van der Waals surface area contributed by atoms with Crippen molar-refractivity contribution in [2.45, 2.75) is 11.3 Å². The Bertz CT molecular complexity index is 1210. The SMILES string of the molecule is CCOC(=O)c1ccc(NC(=O)CSc2nnc(NC(=O)c3cc(OC)c(OC)c(OC)c3)s2)cc1. The molecule has 0 saturated heterocycles. The molecule has 0 aliphatic heterocycles. The van der Waals surface area contributed by atoms with E-state index in [0.29, 0.717) is 32.8 Å². The second-order valence-electron chi connectivity index (χ2n) is 6.88. The largest absolute Gasteiger partial charge is 0.493 e. The third kappa shape index (κ3) is 6.86. The third-order valence-corrected chi connectivity index (χ3v) is 6.53. The Balaban J connectivity index is 1.55. The number of anilines is 2. The van der Waals surface area contributed by atoms with Crippen LogP contribution in [0.25, 0.3) is 0 Å². The van der Waals surface area contributed by atoms with Crippen molar-refractivity contribution < 1.29 is 33.3 Å². The van der Waals surface area contributed by atoms with Gasteiger partial charge in [0.1, 0.15) is 0 Å². The minimum absolute atomic E-state index is 0.0785. The lowest BCUT2D eigenvalue weighted by Crippen LogP contribution is -2.14. The molecule has 1 heterocycles. The van der Waals surface area contributed by atoms with Gasteiger partial charge in [0.15, 0.2) is 15.8 Å². The van der Waals surface area contributed by atoms with E-state index in [-0.39, 0.29) is 29.0 Å². The predicted molar refractivity (Wildman–Crippen MR) is 136 cm³/mol. The fraction of sp³-hybridized carbons (Fsp3) is 0.261. The lowest BCUT2D eigenvalue weighted by molar-refractivity contribution is -0.113. The smallest absolute Gasteiger partial charge is 0.338 e. The van der Waals surface area contributed by atoms with Crippen LogP contribution in [0.1, 0.15) is 27.6 Å². The number of methoxy groups -OCH3 is 3. The molecule has 0 fully saturated rings. The zero-order valence-corrected chi connectivity index (χ0v) is 21.6. The van der Waals surface area contributed by atoms with E-state index in [1.165, 1.54) is 45.2 Å². The normalized spacial score (nSPS) is 10.3. The van der Waals surface area contributed by atoms with Crippen LogP contribution in [0, 0.1) is 0 Å². The summed E-state index contributed by atoms with van der Waals surface area (Å²) in [4.78, 5) is 36.7. The van der Waals surface area contributed by atoms with Gasteiger partial charge in [0.2, 0.25) is 16.8 Å². The average molecular weight is 533 g/mol. The molecule has 1 aromatic heterocycles. The van der Waals surface area contributed by atoms with Crippen LogP contribution in [0.5, 0.6) is 17.2 Å². The summed E-state index contributed by atoms with van der Waals surface area (Å²) in [5.74, 6) is 0.0200. The van der Waals surface area contributed by atoms with E-state index in [0.717, 1.165) is 11.3 Å². The van der Waals surface area contributed by atoms with Crippen LogP contribution in [-0.4, -0.2) is 61.7 Å². The van der Waals surface area contributed by atoms with Crippen LogP contribution in [0.2, 0.25) is 0 Å². The minimum atomic E-state index is -0.439. The van der Waals surface area contributed by atoms with Crippen LogP contribution < -0.4 is 24.8 Å². The number of aromatic nitrogens is 2. The Labute approximate surface area is 215 Å². The molecule has 11 nitrogen and oxygen atoms in total. The highest BCUT2D eigenvalue weighted by Crippen LogP contribution is 2.38. The van der Waals surface area contributed by atoms with Crippen LogP contribution in [0.4, 0.5) is 10.8 Å². The van der Waals surface area contributed by atoms with Crippen LogP contribution in [-0.2, 0) is 9.53 Å². The molecule has 0 saturated carbocycles. The summed E-state index contributed by atoms with van der Waals surface area (Å²) >= 11 is 2.31. The summed E-state index contributed by atoms with van der Waals surface area (Å²) in [6.45, 7) is 2.02. The van der Waals surface area contributed by atoms with E-state index < -0.39 is 11.9 Å². The van der Waals surface area contributed by atoms with Crippen molar-refractivity contribution in [2.24, 2.45) is 0 Å². The van der Waals surface area contributed by atoms with Gasteiger partial charge in [-0.2, -0.15) is 0 Å². The highest BCUT2D eigenvalue weighted by atomic mass is 32.2. The molecule has 0 unspecified atom stereocenters. The van der Waals surface area contributed by atoms with Crippen molar-refractivity contribution in [2.75, 3.05) is 44.3 Å². The number of thioether (sulfide) groups is 1. The van der Waals surface area contributed by atoms with Gasteiger partial charge in [-0.1, -0.05) is 23.1 Å². The monoisotopic (exact) mass is 532 g/mol. The number of ether oxygens (including phenoxy) is 4. The van der Waals surface area contributed by atoms with Crippen LogP contribution >= 0.6 is 23.1 Å². The molecule has 190 valence electrons. The number of benzene rings is 2. The Kier molecular flexibility index (Phi) is 9.47. The summed E-state index contributed by atoms with van der Waals surface area (Å²) in [5, 5.41) is 13.6. The van der Waals surface area contributed by atoms with E-state index in [9.17, 15) is 14.4 Å². The van der Waals surface area contributed by atoms with Gasteiger partial charge in [-0.25, -0.2) is 4.79 Å². The van der Waals surface area contributed by atoms with Crippen LogP contribution in [0.15, 0.2) is 40.7 Å². The molecule has 0 aliphatic carbocycles. The number of hydrogen-bond acceptors (Lipinski definition) is 11.